The van der Waals surface area contributed by atoms with Crippen LogP contribution < -0.4 is 0 Å². The first kappa shape index (κ1) is 9.15. The number of pyridine rings is 1. The van der Waals surface area contributed by atoms with Gasteiger partial charge >= 0.3 is 0 Å². The second-order valence-electron chi connectivity index (χ2n) is 3.08. The van der Waals surface area contributed by atoms with Gasteiger partial charge in [-0.05, 0) is 6.07 Å². The molecule has 0 saturated carbocycles. The Labute approximate surface area is 82.5 Å². The van der Waals surface area contributed by atoms with Crippen molar-refractivity contribution in [3.8, 4) is 0 Å². The second kappa shape index (κ2) is 4.19. The van der Waals surface area contributed by atoms with E-state index in [1.807, 2.05) is 0 Å². The molecule has 14 heavy (non-hydrogen) atoms. The normalized spacial score (nSPS) is 16.7. The maximum atomic E-state index is 11.8. The lowest BCUT2D eigenvalue weighted by Crippen LogP contribution is -2.40. The highest BCUT2D eigenvalue weighted by atomic mass is 16.5. The Morgan fingerprint density at radius 3 is 2.93 bits per heavy atom. The summed E-state index contributed by atoms with van der Waals surface area (Å²) in [5.41, 5.74) is 0.592. The number of nitrogens with zero attached hydrogens (tertiary/aromatic N) is 2. The van der Waals surface area contributed by atoms with Crippen molar-refractivity contribution < 1.29 is 9.53 Å². The summed E-state index contributed by atoms with van der Waals surface area (Å²) in [6, 6.07) is 4.45. The molecule has 1 aliphatic heterocycles. The first-order valence-electron chi connectivity index (χ1n) is 4.56. The molecule has 1 amide bonds. The van der Waals surface area contributed by atoms with E-state index in [0.717, 1.165) is 0 Å². The van der Waals surface area contributed by atoms with E-state index < -0.39 is 0 Å². The van der Waals surface area contributed by atoms with Gasteiger partial charge in [-0.15, -0.1) is 0 Å². The van der Waals surface area contributed by atoms with E-state index >= 15 is 0 Å². The zero-order chi connectivity index (χ0) is 9.80. The van der Waals surface area contributed by atoms with E-state index in [9.17, 15) is 4.79 Å². The van der Waals surface area contributed by atoms with Crippen molar-refractivity contribution in [3.63, 3.8) is 0 Å². The number of amides is 1. The quantitative estimate of drug-likeness (QED) is 0.643. The van der Waals surface area contributed by atoms with E-state index in [1.54, 1.807) is 17.2 Å². The van der Waals surface area contributed by atoms with Crippen molar-refractivity contribution >= 4 is 5.91 Å². The van der Waals surface area contributed by atoms with Gasteiger partial charge in [0.1, 0.15) is 0 Å². The van der Waals surface area contributed by atoms with E-state index in [4.69, 9.17) is 4.74 Å². The average molecular weight is 191 g/mol. The van der Waals surface area contributed by atoms with Crippen LogP contribution in [-0.4, -0.2) is 42.1 Å². The van der Waals surface area contributed by atoms with Crippen molar-refractivity contribution in [3.05, 3.63) is 30.1 Å². The third kappa shape index (κ3) is 1.90. The van der Waals surface area contributed by atoms with Gasteiger partial charge in [-0.25, -0.2) is 0 Å². The molecule has 0 spiro atoms. The van der Waals surface area contributed by atoms with Gasteiger partial charge in [-0.3, -0.25) is 9.78 Å². The monoisotopic (exact) mass is 191 g/mol. The number of hydrogen-bond acceptors (Lipinski definition) is 3. The number of rotatable bonds is 1. The van der Waals surface area contributed by atoms with Crippen molar-refractivity contribution in [1.82, 2.24) is 9.88 Å². The number of carbonyl (C=O) groups is 1. The Balaban J connectivity index is 2.07. The van der Waals surface area contributed by atoms with Gasteiger partial charge < -0.3 is 9.64 Å². The molecule has 0 aliphatic carbocycles. The van der Waals surface area contributed by atoms with Crippen molar-refractivity contribution in [2.75, 3.05) is 26.3 Å². The average Bonchev–Trinajstić information content (AvgIpc) is 2.30. The zero-order valence-electron chi connectivity index (χ0n) is 7.77. The standard InChI is InChI=1S/C10H11N2O2/c13-10(9-2-1-3-11-8-9)12-4-6-14-7-5-12/h2-3,8H,4-7H2. The van der Waals surface area contributed by atoms with E-state index in [-0.39, 0.29) is 5.91 Å². The number of aromatic nitrogens is 1. The number of hydrogen-bond donors (Lipinski definition) is 0. The van der Waals surface area contributed by atoms with Crippen LogP contribution in [0.25, 0.3) is 0 Å². The third-order valence-corrected chi connectivity index (χ3v) is 2.15. The molecule has 2 heterocycles. The fourth-order valence-corrected chi connectivity index (χ4v) is 1.39. The van der Waals surface area contributed by atoms with Gasteiger partial charge in [0.2, 0.25) is 0 Å². The lowest BCUT2D eigenvalue weighted by Gasteiger charge is -2.26. The molecule has 73 valence electrons. The van der Waals surface area contributed by atoms with Crippen LogP contribution in [0.5, 0.6) is 0 Å². The lowest BCUT2D eigenvalue weighted by atomic mass is 10.2. The third-order valence-electron chi connectivity index (χ3n) is 2.15. The van der Waals surface area contributed by atoms with Crippen molar-refractivity contribution in [2.45, 2.75) is 0 Å². The largest absolute Gasteiger partial charge is 0.378 e. The predicted molar refractivity (Wildman–Crippen MR) is 49.8 cm³/mol. The van der Waals surface area contributed by atoms with E-state index in [2.05, 4.69) is 11.1 Å². The molecule has 0 bridgehead atoms. The van der Waals surface area contributed by atoms with Gasteiger partial charge in [0, 0.05) is 31.5 Å². The van der Waals surface area contributed by atoms with Crippen LogP contribution in [0.3, 0.4) is 0 Å². The summed E-state index contributed by atoms with van der Waals surface area (Å²) in [4.78, 5) is 17.4. The fraction of sp³-hybridized carbons (Fsp3) is 0.400. The number of carbonyl (C=O) groups excluding carboxylic acids is 1. The smallest absolute Gasteiger partial charge is 0.255 e. The molecule has 1 aromatic rings. The van der Waals surface area contributed by atoms with Crippen molar-refractivity contribution in [2.24, 2.45) is 0 Å². The summed E-state index contributed by atoms with van der Waals surface area (Å²) in [6.07, 6.45) is 3.10. The Morgan fingerprint density at radius 2 is 2.29 bits per heavy atom. The second-order valence-corrected chi connectivity index (χ2v) is 3.08. The Kier molecular flexibility index (Phi) is 2.74. The Bertz CT molecular complexity index is 307. The molecule has 0 atom stereocenters. The number of ether oxygens (including phenoxy) is 1. The molecule has 2 rings (SSSR count). The molecule has 0 aromatic carbocycles. The first-order chi connectivity index (χ1) is 6.88. The SMILES string of the molecule is O=C(c1c[c]cnc1)N1CCOCC1. The summed E-state index contributed by atoms with van der Waals surface area (Å²) in [5, 5.41) is 0. The van der Waals surface area contributed by atoms with Crippen LogP contribution in [0.15, 0.2) is 18.5 Å². The van der Waals surface area contributed by atoms with Gasteiger partial charge in [0.05, 0.1) is 18.8 Å². The van der Waals surface area contributed by atoms with E-state index in [0.29, 0.717) is 31.9 Å². The van der Waals surface area contributed by atoms with Gasteiger partial charge in [-0.2, -0.15) is 0 Å². The Hall–Kier alpha value is -1.42. The minimum Gasteiger partial charge on any atom is -0.378 e. The molecule has 1 fully saturated rings. The Morgan fingerprint density at radius 1 is 1.50 bits per heavy atom. The highest BCUT2D eigenvalue weighted by Gasteiger charge is 2.17. The molecule has 1 aliphatic rings. The molecule has 1 aromatic heterocycles. The molecule has 0 unspecified atom stereocenters. The highest BCUT2D eigenvalue weighted by molar-refractivity contribution is 5.93. The van der Waals surface area contributed by atoms with Crippen LogP contribution in [0, 0.1) is 6.07 Å². The van der Waals surface area contributed by atoms with Crippen LogP contribution in [0.4, 0.5) is 0 Å². The highest BCUT2D eigenvalue weighted by Crippen LogP contribution is 2.05. The minimum absolute atomic E-state index is 0.0117. The van der Waals surface area contributed by atoms with Gasteiger partial charge in [0.25, 0.3) is 5.91 Å². The summed E-state index contributed by atoms with van der Waals surface area (Å²) in [5.74, 6) is 0.0117. The lowest BCUT2D eigenvalue weighted by molar-refractivity contribution is 0.0302. The van der Waals surface area contributed by atoms with Crippen LogP contribution >= 0.6 is 0 Å². The van der Waals surface area contributed by atoms with Crippen LogP contribution in [0.1, 0.15) is 10.4 Å². The molecule has 4 nitrogen and oxygen atoms in total. The summed E-state index contributed by atoms with van der Waals surface area (Å²) in [6.45, 7) is 2.56. The predicted octanol–water partition coefficient (Wildman–Crippen LogP) is 0.354. The van der Waals surface area contributed by atoms with Gasteiger partial charge in [-0.1, -0.05) is 0 Å². The maximum Gasteiger partial charge on any atom is 0.255 e. The molecule has 4 heteroatoms. The summed E-state index contributed by atoms with van der Waals surface area (Å²) >= 11 is 0. The first-order valence-corrected chi connectivity index (χ1v) is 4.56. The molecular formula is C10H11N2O2. The van der Waals surface area contributed by atoms with Crippen LogP contribution in [-0.2, 0) is 4.74 Å². The fourth-order valence-electron chi connectivity index (χ4n) is 1.39. The summed E-state index contributed by atoms with van der Waals surface area (Å²) < 4.78 is 5.17. The molecule has 0 N–H and O–H groups in total. The molecule has 1 saturated heterocycles. The number of morpholine rings is 1. The maximum absolute atomic E-state index is 11.8. The molecular weight excluding hydrogens is 180 g/mol. The van der Waals surface area contributed by atoms with E-state index in [1.165, 1.54) is 6.20 Å². The molecule has 1 radical (unpaired) electrons. The minimum atomic E-state index is 0.0117. The summed E-state index contributed by atoms with van der Waals surface area (Å²) in [7, 11) is 0. The zero-order valence-corrected chi connectivity index (χ0v) is 7.77. The van der Waals surface area contributed by atoms with Crippen molar-refractivity contribution in [1.29, 1.82) is 0 Å². The van der Waals surface area contributed by atoms with Gasteiger partial charge in [0.15, 0.2) is 0 Å². The topological polar surface area (TPSA) is 42.4 Å². The van der Waals surface area contributed by atoms with Crippen LogP contribution in [0.2, 0.25) is 0 Å².